The van der Waals surface area contributed by atoms with Crippen molar-refractivity contribution in [3.8, 4) is 0 Å². The van der Waals surface area contributed by atoms with E-state index in [1.807, 2.05) is 0 Å². The van der Waals surface area contributed by atoms with Crippen molar-refractivity contribution in [1.29, 1.82) is 0 Å². The monoisotopic (exact) mass is 164 g/mol. The zero-order valence-electron chi connectivity index (χ0n) is 6.46. The summed E-state index contributed by atoms with van der Waals surface area (Å²) < 4.78 is 0. The van der Waals surface area contributed by atoms with Crippen LogP contribution in [0, 0.1) is 13.8 Å². The van der Waals surface area contributed by atoms with Gasteiger partial charge in [-0.3, -0.25) is 4.98 Å². The molecule has 11 heavy (non-hydrogen) atoms. The molecule has 0 atom stereocenters. The SMILES string of the molecule is Cc1sc2nccnc2c1C. The summed E-state index contributed by atoms with van der Waals surface area (Å²) in [6, 6.07) is 0. The molecule has 3 heteroatoms. The lowest BCUT2D eigenvalue weighted by atomic mass is 10.3. The van der Waals surface area contributed by atoms with E-state index in [4.69, 9.17) is 0 Å². The van der Waals surface area contributed by atoms with Gasteiger partial charge in [0, 0.05) is 17.3 Å². The van der Waals surface area contributed by atoms with Gasteiger partial charge in [-0.25, -0.2) is 4.98 Å². The number of aromatic nitrogens is 2. The Morgan fingerprint density at radius 3 is 2.64 bits per heavy atom. The van der Waals surface area contributed by atoms with E-state index in [1.165, 1.54) is 10.4 Å². The van der Waals surface area contributed by atoms with Crippen molar-refractivity contribution in [3.05, 3.63) is 22.8 Å². The number of hydrogen-bond acceptors (Lipinski definition) is 3. The van der Waals surface area contributed by atoms with Crippen LogP contribution in [0.4, 0.5) is 0 Å². The molecule has 0 bridgehead atoms. The molecule has 0 aromatic carbocycles. The number of thiophene rings is 1. The number of rotatable bonds is 0. The third-order valence-corrected chi connectivity index (χ3v) is 2.90. The second-order valence-corrected chi connectivity index (χ2v) is 3.70. The second kappa shape index (κ2) is 2.27. The summed E-state index contributed by atoms with van der Waals surface area (Å²) in [7, 11) is 0. The van der Waals surface area contributed by atoms with Gasteiger partial charge in [-0.15, -0.1) is 11.3 Å². The number of nitrogens with zero attached hydrogens (tertiary/aromatic N) is 2. The Labute approximate surface area is 68.9 Å². The van der Waals surface area contributed by atoms with Gasteiger partial charge in [0.25, 0.3) is 0 Å². The van der Waals surface area contributed by atoms with Gasteiger partial charge < -0.3 is 0 Å². The molecule has 0 amide bonds. The van der Waals surface area contributed by atoms with E-state index in [0.717, 1.165) is 10.3 Å². The largest absolute Gasteiger partial charge is 0.252 e. The van der Waals surface area contributed by atoms with Crippen LogP contribution in [0.25, 0.3) is 10.3 Å². The van der Waals surface area contributed by atoms with Crippen LogP contribution in [-0.4, -0.2) is 9.97 Å². The highest BCUT2D eigenvalue weighted by atomic mass is 32.1. The molecule has 0 aliphatic heterocycles. The summed E-state index contributed by atoms with van der Waals surface area (Å²) in [6.45, 7) is 4.19. The molecule has 0 unspecified atom stereocenters. The Morgan fingerprint density at radius 1 is 1.18 bits per heavy atom. The molecule has 2 aromatic rings. The van der Waals surface area contributed by atoms with Crippen molar-refractivity contribution in [3.63, 3.8) is 0 Å². The van der Waals surface area contributed by atoms with Crippen LogP contribution in [0.2, 0.25) is 0 Å². The Morgan fingerprint density at radius 2 is 1.91 bits per heavy atom. The quantitative estimate of drug-likeness (QED) is 0.597. The van der Waals surface area contributed by atoms with E-state index in [2.05, 4.69) is 23.8 Å². The first-order chi connectivity index (χ1) is 5.29. The lowest BCUT2D eigenvalue weighted by Crippen LogP contribution is -1.77. The molecule has 0 aliphatic rings. The van der Waals surface area contributed by atoms with E-state index in [-0.39, 0.29) is 0 Å². The molecule has 2 heterocycles. The molecule has 56 valence electrons. The molecular weight excluding hydrogens is 156 g/mol. The molecule has 0 saturated heterocycles. The van der Waals surface area contributed by atoms with Crippen molar-refractivity contribution in [2.75, 3.05) is 0 Å². The summed E-state index contributed by atoms with van der Waals surface area (Å²) in [5.41, 5.74) is 2.31. The molecule has 0 fully saturated rings. The van der Waals surface area contributed by atoms with E-state index in [1.54, 1.807) is 23.7 Å². The van der Waals surface area contributed by atoms with Crippen molar-refractivity contribution in [2.24, 2.45) is 0 Å². The predicted octanol–water partition coefficient (Wildman–Crippen LogP) is 2.31. The molecule has 0 N–H and O–H groups in total. The summed E-state index contributed by atoms with van der Waals surface area (Å²) in [6.07, 6.45) is 3.47. The van der Waals surface area contributed by atoms with Crippen LogP contribution >= 0.6 is 11.3 Å². The van der Waals surface area contributed by atoms with Crippen molar-refractivity contribution >= 4 is 21.7 Å². The maximum Gasteiger partial charge on any atom is 0.142 e. The lowest BCUT2D eigenvalue weighted by molar-refractivity contribution is 1.29. The molecule has 0 spiro atoms. The Hall–Kier alpha value is -0.960. The highest BCUT2D eigenvalue weighted by Gasteiger charge is 2.04. The number of fused-ring (bicyclic) bond motifs is 1. The van der Waals surface area contributed by atoms with E-state index in [9.17, 15) is 0 Å². The minimum atomic E-state index is 1.04. The van der Waals surface area contributed by atoms with Crippen LogP contribution in [0.15, 0.2) is 12.4 Å². The second-order valence-electron chi connectivity index (χ2n) is 2.49. The average molecular weight is 164 g/mol. The molecule has 2 nitrogen and oxygen atoms in total. The van der Waals surface area contributed by atoms with Crippen molar-refractivity contribution in [2.45, 2.75) is 13.8 Å². The van der Waals surface area contributed by atoms with E-state index >= 15 is 0 Å². The molecule has 0 radical (unpaired) electrons. The third-order valence-electron chi connectivity index (χ3n) is 1.80. The van der Waals surface area contributed by atoms with Gasteiger partial charge in [-0.2, -0.15) is 0 Å². The van der Waals surface area contributed by atoms with Crippen LogP contribution in [0.1, 0.15) is 10.4 Å². The summed E-state index contributed by atoms with van der Waals surface area (Å²) in [4.78, 5) is 10.8. The third kappa shape index (κ3) is 0.922. The molecule has 0 aliphatic carbocycles. The van der Waals surface area contributed by atoms with Crippen molar-refractivity contribution < 1.29 is 0 Å². The van der Waals surface area contributed by atoms with Gasteiger partial charge in [0.1, 0.15) is 10.3 Å². The zero-order chi connectivity index (χ0) is 7.84. The normalized spacial score (nSPS) is 10.7. The predicted molar refractivity (Wildman–Crippen MR) is 46.9 cm³/mol. The van der Waals surface area contributed by atoms with Crippen LogP contribution < -0.4 is 0 Å². The summed E-state index contributed by atoms with van der Waals surface area (Å²) in [5, 5.41) is 0. The van der Waals surface area contributed by atoms with Gasteiger partial charge in [-0.1, -0.05) is 0 Å². The maximum absolute atomic E-state index is 4.25. The summed E-state index contributed by atoms with van der Waals surface area (Å²) >= 11 is 1.71. The van der Waals surface area contributed by atoms with Gasteiger partial charge in [0.05, 0.1) is 0 Å². The molecule has 0 saturated carbocycles. The Kier molecular flexibility index (Phi) is 1.39. The highest BCUT2D eigenvalue weighted by molar-refractivity contribution is 7.18. The fourth-order valence-electron chi connectivity index (χ4n) is 1.05. The minimum Gasteiger partial charge on any atom is -0.252 e. The smallest absolute Gasteiger partial charge is 0.142 e. The minimum absolute atomic E-state index is 1.04. The standard InChI is InChI=1S/C8H8N2S/c1-5-6(2)11-8-7(5)9-3-4-10-8/h3-4H,1-2H3. The fraction of sp³-hybridized carbons (Fsp3) is 0.250. The first-order valence-electron chi connectivity index (χ1n) is 3.46. The van der Waals surface area contributed by atoms with Gasteiger partial charge >= 0.3 is 0 Å². The number of hydrogen-bond donors (Lipinski definition) is 0. The first-order valence-corrected chi connectivity index (χ1v) is 4.27. The van der Waals surface area contributed by atoms with E-state index in [0.29, 0.717) is 0 Å². The lowest BCUT2D eigenvalue weighted by Gasteiger charge is -1.86. The maximum atomic E-state index is 4.25. The topological polar surface area (TPSA) is 25.8 Å². The average Bonchev–Trinajstić information content (AvgIpc) is 2.30. The van der Waals surface area contributed by atoms with Crippen molar-refractivity contribution in [1.82, 2.24) is 9.97 Å². The molecule has 2 rings (SSSR count). The van der Waals surface area contributed by atoms with E-state index < -0.39 is 0 Å². The van der Waals surface area contributed by atoms with Crippen LogP contribution in [0.3, 0.4) is 0 Å². The van der Waals surface area contributed by atoms with Gasteiger partial charge in [0.2, 0.25) is 0 Å². The number of aryl methyl sites for hydroxylation is 2. The van der Waals surface area contributed by atoms with Gasteiger partial charge in [0.15, 0.2) is 0 Å². The fourth-order valence-corrected chi connectivity index (χ4v) is 2.00. The van der Waals surface area contributed by atoms with Crippen LogP contribution in [-0.2, 0) is 0 Å². The molecular formula is C8H8N2S. The zero-order valence-corrected chi connectivity index (χ0v) is 7.27. The Balaban J connectivity index is 2.92. The Bertz CT molecular complexity index is 392. The first kappa shape index (κ1) is 6.73. The molecule has 2 aromatic heterocycles. The summed E-state index contributed by atoms with van der Waals surface area (Å²) in [5.74, 6) is 0. The highest BCUT2D eigenvalue weighted by Crippen LogP contribution is 2.25. The van der Waals surface area contributed by atoms with Gasteiger partial charge in [-0.05, 0) is 19.4 Å². The van der Waals surface area contributed by atoms with Crippen LogP contribution in [0.5, 0.6) is 0 Å².